The molecule has 92 valence electrons. The average Bonchev–Trinajstić information content (AvgIpc) is 2.31. The van der Waals surface area contributed by atoms with E-state index in [4.69, 9.17) is 4.74 Å². The Hall–Kier alpha value is -2.04. The first-order chi connectivity index (χ1) is 8.01. The molecule has 0 spiro atoms. The van der Waals surface area contributed by atoms with Gasteiger partial charge in [0.15, 0.2) is 0 Å². The van der Waals surface area contributed by atoms with Crippen LogP contribution in [-0.2, 0) is 9.53 Å². The van der Waals surface area contributed by atoms with Crippen LogP contribution in [0.5, 0.6) is 11.5 Å². The molecule has 17 heavy (non-hydrogen) atoms. The van der Waals surface area contributed by atoms with E-state index in [-0.39, 0.29) is 23.7 Å². The van der Waals surface area contributed by atoms with Gasteiger partial charge in [-0.2, -0.15) is 0 Å². The van der Waals surface area contributed by atoms with Crippen LogP contribution in [0.1, 0.15) is 22.8 Å². The van der Waals surface area contributed by atoms with E-state index in [9.17, 15) is 14.7 Å². The number of benzene rings is 1. The van der Waals surface area contributed by atoms with E-state index in [2.05, 4.69) is 4.74 Å². The SMILES string of the molecule is CCOC(=O)C(=O)c1cc(O)c(C)cc1OC. The first-order valence-corrected chi connectivity index (χ1v) is 5.10. The Bertz CT molecular complexity index is 450. The number of ether oxygens (including phenoxy) is 2. The number of aromatic hydroxyl groups is 1. The zero-order valence-corrected chi connectivity index (χ0v) is 9.94. The Balaban J connectivity index is 3.16. The molecule has 5 nitrogen and oxygen atoms in total. The van der Waals surface area contributed by atoms with E-state index in [1.54, 1.807) is 13.8 Å². The van der Waals surface area contributed by atoms with Gasteiger partial charge >= 0.3 is 5.97 Å². The molecule has 0 aliphatic heterocycles. The van der Waals surface area contributed by atoms with Crippen molar-refractivity contribution in [2.24, 2.45) is 0 Å². The van der Waals surface area contributed by atoms with Crippen LogP contribution in [0.3, 0.4) is 0 Å². The lowest BCUT2D eigenvalue weighted by molar-refractivity contribution is -0.137. The maximum Gasteiger partial charge on any atom is 0.379 e. The van der Waals surface area contributed by atoms with Crippen molar-refractivity contribution in [2.45, 2.75) is 13.8 Å². The van der Waals surface area contributed by atoms with Gasteiger partial charge in [0.2, 0.25) is 0 Å². The van der Waals surface area contributed by atoms with Gasteiger partial charge in [-0.15, -0.1) is 0 Å². The minimum atomic E-state index is -0.964. The van der Waals surface area contributed by atoms with Gasteiger partial charge in [-0.3, -0.25) is 4.79 Å². The Morgan fingerprint density at radius 3 is 2.53 bits per heavy atom. The summed E-state index contributed by atoms with van der Waals surface area (Å²) in [6.07, 6.45) is 0. The number of carbonyl (C=O) groups excluding carboxylic acids is 2. The zero-order valence-electron chi connectivity index (χ0n) is 9.94. The molecular weight excluding hydrogens is 224 g/mol. The number of esters is 1. The molecule has 5 heteroatoms. The Labute approximate surface area is 99.0 Å². The Kier molecular flexibility index (Phi) is 4.09. The van der Waals surface area contributed by atoms with Gasteiger partial charge in [0, 0.05) is 0 Å². The summed E-state index contributed by atoms with van der Waals surface area (Å²) >= 11 is 0. The van der Waals surface area contributed by atoms with E-state index >= 15 is 0 Å². The summed E-state index contributed by atoms with van der Waals surface area (Å²) in [7, 11) is 1.38. The molecule has 0 heterocycles. The molecule has 0 radical (unpaired) electrons. The molecule has 1 aromatic rings. The molecule has 0 aliphatic carbocycles. The number of ketones is 1. The summed E-state index contributed by atoms with van der Waals surface area (Å²) in [4.78, 5) is 23.0. The van der Waals surface area contributed by atoms with Crippen LogP contribution in [0.25, 0.3) is 0 Å². The number of hydrogen-bond acceptors (Lipinski definition) is 5. The minimum Gasteiger partial charge on any atom is -0.508 e. The van der Waals surface area contributed by atoms with Crippen molar-refractivity contribution < 1.29 is 24.2 Å². The Morgan fingerprint density at radius 2 is 2.00 bits per heavy atom. The smallest absolute Gasteiger partial charge is 0.379 e. The third kappa shape index (κ3) is 2.75. The van der Waals surface area contributed by atoms with Crippen molar-refractivity contribution in [3.8, 4) is 11.5 Å². The van der Waals surface area contributed by atoms with Crippen molar-refractivity contribution >= 4 is 11.8 Å². The summed E-state index contributed by atoms with van der Waals surface area (Å²) in [5, 5.41) is 9.52. The highest BCUT2D eigenvalue weighted by Gasteiger charge is 2.22. The van der Waals surface area contributed by atoms with Crippen molar-refractivity contribution in [3.63, 3.8) is 0 Å². The number of carbonyl (C=O) groups is 2. The number of Topliss-reactive ketones (excluding diaryl/α,β-unsaturated/α-hetero) is 1. The van der Waals surface area contributed by atoms with Crippen LogP contribution in [0.4, 0.5) is 0 Å². The van der Waals surface area contributed by atoms with Gasteiger partial charge in [-0.25, -0.2) is 4.79 Å². The van der Waals surface area contributed by atoms with Crippen LogP contribution < -0.4 is 4.74 Å². The second kappa shape index (κ2) is 5.34. The lowest BCUT2D eigenvalue weighted by atomic mass is 10.1. The lowest BCUT2D eigenvalue weighted by Crippen LogP contribution is -2.18. The number of phenolic OH excluding ortho intramolecular Hbond substituents is 1. The maximum absolute atomic E-state index is 11.7. The third-order valence-corrected chi connectivity index (χ3v) is 2.22. The fourth-order valence-corrected chi connectivity index (χ4v) is 1.32. The molecule has 1 rings (SSSR count). The molecule has 0 unspecified atom stereocenters. The van der Waals surface area contributed by atoms with E-state index in [1.807, 2.05) is 0 Å². The van der Waals surface area contributed by atoms with Crippen LogP contribution in [-0.4, -0.2) is 30.6 Å². The van der Waals surface area contributed by atoms with Crippen molar-refractivity contribution in [2.75, 3.05) is 13.7 Å². The number of phenols is 1. The van der Waals surface area contributed by atoms with Gasteiger partial charge in [-0.05, 0) is 31.5 Å². The fourth-order valence-electron chi connectivity index (χ4n) is 1.32. The van der Waals surface area contributed by atoms with Crippen molar-refractivity contribution in [1.82, 2.24) is 0 Å². The second-order valence-electron chi connectivity index (χ2n) is 3.39. The highest BCUT2D eigenvalue weighted by molar-refractivity contribution is 6.41. The van der Waals surface area contributed by atoms with Crippen LogP contribution in [0, 0.1) is 6.92 Å². The highest BCUT2D eigenvalue weighted by atomic mass is 16.5. The summed E-state index contributed by atoms with van der Waals surface area (Å²) in [6.45, 7) is 3.39. The van der Waals surface area contributed by atoms with E-state index in [0.29, 0.717) is 5.56 Å². The molecule has 0 amide bonds. The fraction of sp³-hybridized carbons (Fsp3) is 0.333. The molecule has 0 aromatic heterocycles. The molecule has 0 fully saturated rings. The molecule has 1 N–H and O–H groups in total. The topological polar surface area (TPSA) is 72.8 Å². The van der Waals surface area contributed by atoms with Crippen molar-refractivity contribution in [3.05, 3.63) is 23.3 Å². The van der Waals surface area contributed by atoms with Gasteiger partial charge in [0.1, 0.15) is 11.5 Å². The minimum absolute atomic E-state index is 0.00551. The van der Waals surface area contributed by atoms with Crippen molar-refractivity contribution in [1.29, 1.82) is 0 Å². The van der Waals surface area contributed by atoms with Crippen LogP contribution >= 0.6 is 0 Å². The molecule has 0 saturated heterocycles. The first-order valence-electron chi connectivity index (χ1n) is 5.10. The van der Waals surface area contributed by atoms with Gasteiger partial charge in [0.05, 0.1) is 19.3 Å². The van der Waals surface area contributed by atoms with E-state index in [0.717, 1.165) is 0 Å². The molecule has 0 atom stereocenters. The van der Waals surface area contributed by atoms with Gasteiger partial charge < -0.3 is 14.6 Å². The summed E-state index contributed by atoms with van der Waals surface area (Å²) in [6, 6.07) is 2.69. The highest BCUT2D eigenvalue weighted by Crippen LogP contribution is 2.27. The predicted octanol–water partition coefficient (Wildman–Crippen LogP) is 1.46. The quantitative estimate of drug-likeness (QED) is 0.488. The molecular formula is C12H14O5. The van der Waals surface area contributed by atoms with E-state index < -0.39 is 11.8 Å². The van der Waals surface area contributed by atoms with Gasteiger partial charge in [-0.1, -0.05) is 0 Å². The second-order valence-corrected chi connectivity index (χ2v) is 3.39. The van der Waals surface area contributed by atoms with Crippen LogP contribution in [0.2, 0.25) is 0 Å². The predicted molar refractivity (Wildman–Crippen MR) is 60.4 cm³/mol. The monoisotopic (exact) mass is 238 g/mol. The number of hydrogen-bond donors (Lipinski definition) is 1. The summed E-state index contributed by atoms with van der Waals surface area (Å²) < 4.78 is 9.59. The largest absolute Gasteiger partial charge is 0.508 e. The third-order valence-electron chi connectivity index (χ3n) is 2.22. The van der Waals surface area contributed by atoms with E-state index in [1.165, 1.54) is 19.2 Å². The number of rotatable bonds is 4. The number of methoxy groups -OCH3 is 1. The summed E-state index contributed by atoms with van der Waals surface area (Å²) in [5.74, 6) is -1.63. The first kappa shape index (κ1) is 13.0. The standard InChI is InChI=1S/C12H14O5/c1-4-17-12(15)11(14)8-6-9(13)7(2)5-10(8)16-3/h5-6,13H,4H2,1-3H3. The average molecular weight is 238 g/mol. The molecule has 0 aliphatic rings. The zero-order chi connectivity index (χ0) is 13.0. The Morgan fingerprint density at radius 1 is 1.35 bits per heavy atom. The van der Waals surface area contributed by atoms with Crippen LogP contribution in [0.15, 0.2) is 12.1 Å². The maximum atomic E-state index is 11.7. The lowest BCUT2D eigenvalue weighted by Gasteiger charge is -2.09. The molecule has 1 aromatic carbocycles. The summed E-state index contributed by atoms with van der Waals surface area (Å²) in [5.41, 5.74) is 0.552. The normalized spacial score (nSPS) is 9.82. The molecule has 0 bridgehead atoms. The molecule has 0 saturated carbocycles. The number of aryl methyl sites for hydroxylation is 1. The van der Waals surface area contributed by atoms with Gasteiger partial charge in [0.25, 0.3) is 5.78 Å².